The monoisotopic (exact) mass is 354 g/mol. The van der Waals surface area contributed by atoms with Crippen LogP contribution in [0, 0.1) is 5.92 Å². The molecule has 1 saturated heterocycles. The third-order valence-corrected chi connectivity index (χ3v) is 5.57. The summed E-state index contributed by atoms with van der Waals surface area (Å²) in [5.74, 6) is 0.927. The van der Waals surface area contributed by atoms with Gasteiger partial charge in [-0.1, -0.05) is 12.1 Å². The van der Waals surface area contributed by atoms with Crippen molar-refractivity contribution in [2.45, 2.75) is 18.9 Å². The minimum absolute atomic E-state index is 0.134. The van der Waals surface area contributed by atoms with Crippen LogP contribution in [-0.4, -0.2) is 57.2 Å². The van der Waals surface area contributed by atoms with Crippen molar-refractivity contribution in [3.05, 3.63) is 24.3 Å². The molecular weight excluding hydrogens is 332 g/mol. The average molecular weight is 354 g/mol. The van der Waals surface area contributed by atoms with Gasteiger partial charge < -0.3 is 14.8 Å². The molecule has 2 atom stereocenters. The summed E-state index contributed by atoms with van der Waals surface area (Å²) in [6, 6.07) is 7.41. The number of para-hydroxylation sites is 2. The van der Waals surface area contributed by atoms with Crippen molar-refractivity contribution in [2.24, 2.45) is 5.92 Å². The molecule has 0 aromatic heterocycles. The van der Waals surface area contributed by atoms with Gasteiger partial charge in [0.25, 0.3) is 0 Å². The molecule has 0 spiro atoms. The molecule has 1 fully saturated rings. The first-order valence-corrected chi connectivity index (χ1v) is 9.89. The number of amides is 1. The number of fused-ring (bicyclic) bond motifs is 1. The molecule has 1 aromatic carbocycles. The molecule has 2 heterocycles. The van der Waals surface area contributed by atoms with Crippen molar-refractivity contribution < 1.29 is 22.7 Å². The predicted octanol–water partition coefficient (Wildman–Crippen LogP) is 0.614. The normalized spacial score (nSPS) is 24.4. The summed E-state index contributed by atoms with van der Waals surface area (Å²) < 4.78 is 36.1. The molecule has 3 rings (SSSR count). The number of sulfonamides is 1. The molecule has 0 radical (unpaired) electrons. The average Bonchev–Trinajstić information content (AvgIpc) is 2.59. The van der Waals surface area contributed by atoms with Crippen LogP contribution < -0.4 is 14.8 Å². The number of carbonyl (C=O) groups is 1. The molecule has 1 amide bonds. The fourth-order valence-electron chi connectivity index (χ4n) is 2.98. The van der Waals surface area contributed by atoms with Crippen LogP contribution in [0.1, 0.15) is 12.8 Å². The number of ether oxygens (including phenoxy) is 2. The maximum Gasteiger partial charge on any atom is 0.224 e. The lowest BCUT2D eigenvalue weighted by atomic mass is 9.99. The van der Waals surface area contributed by atoms with Gasteiger partial charge in [-0.2, -0.15) is 0 Å². The summed E-state index contributed by atoms with van der Waals surface area (Å²) in [5.41, 5.74) is 0. The van der Waals surface area contributed by atoms with Crippen LogP contribution in [-0.2, 0) is 14.8 Å². The number of hydrogen-bond acceptors (Lipinski definition) is 5. The van der Waals surface area contributed by atoms with Gasteiger partial charge in [-0.05, 0) is 25.0 Å². The van der Waals surface area contributed by atoms with Crippen LogP contribution in [0.4, 0.5) is 0 Å². The van der Waals surface area contributed by atoms with Crippen molar-refractivity contribution >= 4 is 15.9 Å². The molecule has 132 valence electrons. The molecule has 24 heavy (non-hydrogen) atoms. The second kappa shape index (κ2) is 6.98. The third-order valence-electron chi connectivity index (χ3n) is 4.30. The van der Waals surface area contributed by atoms with Crippen LogP contribution in [0.2, 0.25) is 0 Å². The van der Waals surface area contributed by atoms with Gasteiger partial charge in [-0.15, -0.1) is 0 Å². The Bertz CT molecular complexity index is 706. The highest BCUT2D eigenvalue weighted by molar-refractivity contribution is 7.88. The van der Waals surface area contributed by atoms with Crippen LogP contribution in [0.15, 0.2) is 24.3 Å². The molecule has 0 bridgehead atoms. The van der Waals surface area contributed by atoms with Crippen LogP contribution in [0.3, 0.4) is 0 Å². The number of nitrogens with one attached hydrogen (secondary N) is 1. The Morgan fingerprint density at radius 2 is 2.08 bits per heavy atom. The van der Waals surface area contributed by atoms with E-state index in [2.05, 4.69) is 5.32 Å². The van der Waals surface area contributed by atoms with Gasteiger partial charge in [0, 0.05) is 13.1 Å². The number of carbonyl (C=O) groups excluding carboxylic acids is 1. The Morgan fingerprint density at radius 3 is 2.83 bits per heavy atom. The molecule has 1 aromatic rings. The predicted molar refractivity (Wildman–Crippen MR) is 88.5 cm³/mol. The summed E-state index contributed by atoms with van der Waals surface area (Å²) >= 11 is 0. The zero-order chi connectivity index (χ0) is 17.2. The van der Waals surface area contributed by atoms with Gasteiger partial charge in [-0.3, -0.25) is 4.79 Å². The van der Waals surface area contributed by atoms with E-state index >= 15 is 0 Å². The number of benzene rings is 1. The summed E-state index contributed by atoms with van der Waals surface area (Å²) in [4.78, 5) is 12.3. The Kier molecular flexibility index (Phi) is 4.96. The van der Waals surface area contributed by atoms with Gasteiger partial charge in [0.15, 0.2) is 11.5 Å². The van der Waals surface area contributed by atoms with Crippen LogP contribution in [0.5, 0.6) is 11.5 Å². The zero-order valence-corrected chi connectivity index (χ0v) is 14.4. The van der Waals surface area contributed by atoms with Crippen LogP contribution >= 0.6 is 0 Å². The van der Waals surface area contributed by atoms with E-state index in [0.29, 0.717) is 44.0 Å². The molecule has 0 saturated carbocycles. The molecule has 1 N–H and O–H groups in total. The molecule has 0 aliphatic carbocycles. The maximum atomic E-state index is 12.3. The molecule has 0 unspecified atom stereocenters. The minimum atomic E-state index is -3.25. The topological polar surface area (TPSA) is 84.9 Å². The number of piperidine rings is 1. The number of rotatable bonds is 4. The largest absolute Gasteiger partial charge is 0.486 e. The lowest BCUT2D eigenvalue weighted by Gasteiger charge is -2.31. The fourth-order valence-corrected chi connectivity index (χ4v) is 3.89. The summed E-state index contributed by atoms with van der Waals surface area (Å²) in [7, 11) is -3.25. The van der Waals surface area contributed by atoms with E-state index in [1.807, 2.05) is 24.3 Å². The van der Waals surface area contributed by atoms with Crippen molar-refractivity contribution in [3.8, 4) is 11.5 Å². The Labute approximate surface area is 142 Å². The van der Waals surface area contributed by atoms with E-state index in [9.17, 15) is 13.2 Å². The van der Waals surface area contributed by atoms with Gasteiger partial charge in [0.2, 0.25) is 15.9 Å². The molecule has 2 aliphatic heterocycles. The smallest absolute Gasteiger partial charge is 0.224 e. The van der Waals surface area contributed by atoms with Crippen molar-refractivity contribution in [3.63, 3.8) is 0 Å². The highest BCUT2D eigenvalue weighted by Gasteiger charge is 2.30. The molecular formula is C16H22N2O5S. The Morgan fingerprint density at radius 1 is 1.33 bits per heavy atom. The minimum Gasteiger partial charge on any atom is -0.486 e. The SMILES string of the molecule is CS(=O)(=O)N1CCC[C@H](C(=O)NC[C@H]2COc3ccccc3O2)C1. The first-order valence-electron chi connectivity index (χ1n) is 8.05. The Balaban J connectivity index is 1.51. The Hall–Kier alpha value is -1.80. The standard InChI is InChI=1S/C16H22N2O5S/c1-24(20,21)18-8-4-5-12(10-18)16(19)17-9-13-11-22-14-6-2-3-7-15(14)23-13/h2-3,6-7,12-13H,4-5,8-11H2,1H3,(H,17,19)/t12-,13-/m0/s1. The lowest BCUT2D eigenvalue weighted by molar-refractivity contribution is -0.126. The van der Waals surface area contributed by atoms with E-state index in [1.54, 1.807) is 0 Å². The van der Waals surface area contributed by atoms with E-state index in [1.165, 1.54) is 10.6 Å². The highest BCUT2D eigenvalue weighted by atomic mass is 32.2. The lowest BCUT2D eigenvalue weighted by Crippen LogP contribution is -2.47. The quantitative estimate of drug-likeness (QED) is 0.857. The highest BCUT2D eigenvalue weighted by Crippen LogP contribution is 2.30. The van der Waals surface area contributed by atoms with Crippen molar-refractivity contribution in [2.75, 3.05) is 32.5 Å². The fraction of sp³-hybridized carbons (Fsp3) is 0.562. The van der Waals surface area contributed by atoms with Crippen molar-refractivity contribution in [1.82, 2.24) is 9.62 Å². The van der Waals surface area contributed by atoms with Gasteiger partial charge in [0.05, 0.1) is 18.7 Å². The van der Waals surface area contributed by atoms with E-state index in [0.717, 1.165) is 0 Å². The molecule has 7 nitrogen and oxygen atoms in total. The first kappa shape index (κ1) is 17.0. The van der Waals surface area contributed by atoms with Crippen LogP contribution in [0.25, 0.3) is 0 Å². The first-order chi connectivity index (χ1) is 11.4. The molecule has 2 aliphatic rings. The zero-order valence-electron chi connectivity index (χ0n) is 13.6. The molecule has 8 heteroatoms. The summed E-state index contributed by atoms with van der Waals surface area (Å²) in [6.45, 7) is 1.44. The third kappa shape index (κ3) is 3.99. The number of nitrogens with zero attached hydrogens (tertiary/aromatic N) is 1. The second-order valence-electron chi connectivity index (χ2n) is 6.20. The van der Waals surface area contributed by atoms with E-state index in [-0.39, 0.29) is 24.5 Å². The van der Waals surface area contributed by atoms with E-state index in [4.69, 9.17) is 9.47 Å². The second-order valence-corrected chi connectivity index (χ2v) is 8.19. The maximum absolute atomic E-state index is 12.3. The van der Waals surface area contributed by atoms with Gasteiger partial charge in [-0.25, -0.2) is 12.7 Å². The summed E-state index contributed by atoms with van der Waals surface area (Å²) in [6.07, 6.45) is 2.32. The van der Waals surface area contributed by atoms with Gasteiger partial charge >= 0.3 is 0 Å². The van der Waals surface area contributed by atoms with Crippen molar-refractivity contribution in [1.29, 1.82) is 0 Å². The summed E-state index contributed by atoms with van der Waals surface area (Å²) in [5, 5.41) is 2.86. The van der Waals surface area contributed by atoms with E-state index < -0.39 is 10.0 Å². The van der Waals surface area contributed by atoms with Gasteiger partial charge in [0.1, 0.15) is 12.7 Å². The number of hydrogen-bond donors (Lipinski definition) is 1.